The molecule has 0 fully saturated rings. The minimum atomic E-state index is -1.04. The normalized spacial score (nSPS) is 11.5. The van der Waals surface area contributed by atoms with Gasteiger partial charge in [0.25, 0.3) is 0 Å². The largest absolute Gasteiger partial charge is 0.482 e. The van der Waals surface area contributed by atoms with Gasteiger partial charge in [0.05, 0.1) is 12.6 Å². The average Bonchev–Trinajstić information content (AvgIpc) is 2.37. The predicted octanol–water partition coefficient (Wildman–Crippen LogP) is 1.31. The topological polar surface area (TPSA) is 96.9 Å². The molecule has 1 atom stereocenters. The van der Waals surface area contributed by atoms with Crippen molar-refractivity contribution in [3.05, 3.63) is 24.3 Å². The van der Waals surface area contributed by atoms with Gasteiger partial charge in [0.15, 0.2) is 6.61 Å². The van der Waals surface area contributed by atoms with Crippen molar-refractivity contribution >= 4 is 17.7 Å². The average molecular weight is 282 g/mol. The number of benzene rings is 1. The number of aliphatic carboxylic acids is 1. The molecule has 3 N–H and O–H groups in total. The van der Waals surface area contributed by atoms with Gasteiger partial charge in [-0.1, -0.05) is 0 Å². The number of carbonyl (C=O) groups excluding carboxylic acids is 1. The Morgan fingerprint density at radius 2 is 1.95 bits per heavy atom. The van der Waals surface area contributed by atoms with Crippen LogP contribution in [-0.4, -0.2) is 43.5 Å². The molecular weight excluding hydrogens is 264 g/mol. The van der Waals surface area contributed by atoms with Crippen LogP contribution in [0.25, 0.3) is 0 Å². The highest BCUT2D eigenvalue weighted by Gasteiger charge is 2.07. The summed E-state index contributed by atoms with van der Waals surface area (Å²) >= 11 is 0. The molecule has 110 valence electrons. The Kier molecular flexibility index (Phi) is 6.31. The van der Waals surface area contributed by atoms with Crippen LogP contribution in [0.15, 0.2) is 24.3 Å². The monoisotopic (exact) mass is 282 g/mol. The van der Waals surface area contributed by atoms with Crippen LogP contribution in [0.5, 0.6) is 5.75 Å². The van der Waals surface area contributed by atoms with Gasteiger partial charge in [-0.05, 0) is 31.2 Å². The van der Waals surface area contributed by atoms with E-state index >= 15 is 0 Å². The third-order valence-corrected chi connectivity index (χ3v) is 2.27. The summed E-state index contributed by atoms with van der Waals surface area (Å²) in [7, 11) is 1.56. The summed E-state index contributed by atoms with van der Waals surface area (Å²) in [6.45, 7) is 1.85. The van der Waals surface area contributed by atoms with Gasteiger partial charge in [0.2, 0.25) is 0 Å². The maximum absolute atomic E-state index is 11.6. The van der Waals surface area contributed by atoms with Gasteiger partial charge in [-0.3, -0.25) is 0 Å². The Morgan fingerprint density at radius 3 is 2.50 bits per heavy atom. The number of hydrogen-bond donors (Lipinski definition) is 3. The zero-order chi connectivity index (χ0) is 15.0. The zero-order valence-corrected chi connectivity index (χ0v) is 11.4. The molecule has 0 aliphatic rings. The molecule has 7 nitrogen and oxygen atoms in total. The lowest BCUT2D eigenvalue weighted by molar-refractivity contribution is -0.139. The molecule has 0 bridgehead atoms. The molecule has 0 aliphatic carbocycles. The number of methoxy groups -OCH3 is 1. The van der Waals surface area contributed by atoms with Gasteiger partial charge in [0, 0.05) is 12.8 Å². The minimum Gasteiger partial charge on any atom is -0.482 e. The quantitative estimate of drug-likeness (QED) is 0.700. The Balaban J connectivity index is 2.44. The molecule has 20 heavy (non-hydrogen) atoms. The Labute approximate surface area is 116 Å². The van der Waals surface area contributed by atoms with Crippen molar-refractivity contribution in [3.8, 4) is 5.75 Å². The van der Waals surface area contributed by atoms with Crippen LogP contribution in [-0.2, 0) is 9.53 Å². The predicted molar refractivity (Wildman–Crippen MR) is 73.1 cm³/mol. The molecule has 7 heteroatoms. The highest BCUT2D eigenvalue weighted by atomic mass is 16.5. The first kappa shape index (κ1) is 15.8. The number of carboxylic acids is 1. The van der Waals surface area contributed by atoms with Crippen molar-refractivity contribution in [2.45, 2.75) is 13.0 Å². The van der Waals surface area contributed by atoms with E-state index in [1.165, 1.54) is 0 Å². The van der Waals surface area contributed by atoms with E-state index in [-0.39, 0.29) is 12.1 Å². The molecule has 0 radical (unpaired) electrons. The van der Waals surface area contributed by atoms with Crippen molar-refractivity contribution in [3.63, 3.8) is 0 Å². The molecule has 0 saturated heterocycles. The number of nitrogens with one attached hydrogen (secondary N) is 2. The van der Waals surface area contributed by atoms with Crippen LogP contribution in [0.2, 0.25) is 0 Å². The van der Waals surface area contributed by atoms with E-state index in [1.54, 1.807) is 31.4 Å². The van der Waals surface area contributed by atoms with Gasteiger partial charge >= 0.3 is 12.0 Å². The molecule has 1 unspecified atom stereocenters. The molecule has 2 amide bonds. The molecule has 0 heterocycles. The molecular formula is C13H18N2O5. The summed E-state index contributed by atoms with van der Waals surface area (Å²) in [4.78, 5) is 22.0. The van der Waals surface area contributed by atoms with Gasteiger partial charge in [-0.2, -0.15) is 0 Å². The lowest BCUT2D eigenvalue weighted by Crippen LogP contribution is -2.38. The molecule has 1 aromatic carbocycles. The van der Waals surface area contributed by atoms with E-state index in [0.29, 0.717) is 18.0 Å². The first-order chi connectivity index (χ1) is 9.51. The van der Waals surface area contributed by atoms with Gasteiger partial charge in [0.1, 0.15) is 5.75 Å². The summed E-state index contributed by atoms with van der Waals surface area (Å²) in [5.74, 6) is -0.621. The van der Waals surface area contributed by atoms with E-state index in [1.807, 2.05) is 6.92 Å². The SMILES string of the molecule is COCC(C)NC(=O)Nc1ccc(OCC(=O)O)cc1. The number of anilines is 1. The number of carbonyl (C=O) groups is 2. The molecule has 0 saturated carbocycles. The fourth-order valence-corrected chi connectivity index (χ4v) is 1.46. The highest BCUT2D eigenvalue weighted by Crippen LogP contribution is 2.15. The summed E-state index contributed by atoms with van der Waals surface area (Å²) in [5, 5.41) is 13.8. The van der Waals surface area contributed by atoms with Crippen LogP contribution >= 0.6 is 0 Å². The third kappa shape index (κ3) is 6.05. The van der Waals surface area contributed by atoms with Crippen LogP contribution < -0.4 is 15.4 Å². The maximum Gasteiger partial charge on any atom is 0.341 e. The van der Waals surface area contributed by atoms with Gasteiger partial charge in [-0.25, -0.2) is 9.59 Å². The minimum absolute atomic E-state index is 0.0989. The fourth-order valence-electron chi connectivity index (χ4n) is 1.46. The van der Waals surface area contributed by atoms with Crippen LogP contribution in [0.3, 0.4) is 0 Å². The van der Waals surface area contributed by atoms with E-state index < -0.39 is 12.6 Å². The maximum atomic E-state index is 11.6. The van der Waals surface area contributed by atoms with Crippen LogP contribution in [0.4, 0.5) is 10.5 Å². The molecule has 0 spiro atoms. The molecule has 1 rings (SSSR count). The van der Waals surface area contributed by atoms with Crippen molar-refractivity contribution in [1.82, 2.24) is 5.32 Å². The lowest BCUT2D eigenvalue weighted by Gasteiger charge is -2.13. The molecule has 0 aliphatic heterocycles. The number of ether oxygens (including phenoxy) is 2. The first-order valence-corrected chi connectivity index (χ1v) is 6.02. The van der Waals surface area contributed by atoms with Gasteiger partial charge < -0.3 is 25.2 Å². The van der Waals surface area contributed by atoms with E-state index in [2.05, 4.69) is 10.6 Å². The van der Waals surface area contributed by atoms with Crippen molar-refractivity contribution in [2.24, 2.45) is 0 Å². The molecule has 1 aromatic rings. The van der Waals surface area contributed by atoms with Crippen LogP contribution in [0.1, 0.15) is 6.92 Å². The van der Waals surface area contributed by atoms with E-state index in [9.17, 15) is 9.59 Å². The summed E-state index contributed by atoms with van der Waals surface area (Å²) in [5.41, 5.74) is 0.579. The van der Waals surface area contributed by atoms with Crippen molar-refractivity contribution < 1.29 is 24.2 Å². The standard InChI is InChI=1S/C13H18N2O5/c1-9(7-19-2)14-13(18)15-10-3-5-11(6-4-10)20-8-12(16)17/h3-6,9H,7-8H2,1-2H3,(H,16,17)(H2,14,15,18). The Hall–Kier alpha value is -2.28. The van der Waals surface area contributed by atoms with Gasteiger partial charge in [-0.15, -0.1) is 0 Å². The summed E-state index contributed by atoms with van der Waals surface area (Å²) in [6, 6.07) is 5.97. The highest BCUT2D eigenvalue weighted by molar-refractivity contribution is 5.89. The van der Waals surface area contributed by atoms with Crippen molar-refractivity contribution in [2.75, 3.05) is 25.6 Å². The zero-order valence-electron chi connectivity index (χ0n) is 11.4. The lowest BCUT2D eigenvalue weighted by atomic mass is 10.3. The third-order valence-electron chi connectivity index (χ3n) is 2.27. The van der Waals surface area contributed by atoms with Crippen molar-refractivity contribution in [1.29, 1.82) is 0 Å². The Bertz CT molecular complexity index is 447. The first-order valence-electron chi connectivity index (χ1n) is 6.02. The molecule has 0 aromatic heterocycles. The second kappa shape index (κ2) is 8.00. The summed E-state index contributed by atoms with van der Waals surface area (Å²) < 4.78 is 9.89. The number of carboxylic acid groups (broad SMARTS) is 1. The smallest absolute Gasteiger partial charge is 0.341 e. The number of rotatable bonds is 7. The van der Waals surface area contributed by atoms with E-state index in [4.69, 9.17) is 14.6 Å². The number of amides is 2. The number of hydrogen-bond acceptors (Lipinski definition) is 4. The fraction of sp³-hybridized carbons (Fsp3) is 0.385. The Morgan fingerprint density at radius 1 is 1.30 bits per heavy atom. The second-order valence-electron chi connectivity index (χ2n) is 4.16. The van der Waals surface area contributed by atoms with E-state index in [0.717, 1.165) is 0 Å². The number of urea groups is 1. The second-order valence-corrected chi connectivity index (χ2v) is 4.16. The van der Waals surface area contributed by atoms with Crippen LogP contribution in [0, 0.1) is 0 Å². The summed E-state index contributed by atoms with van der Waals surface area (Å²) in [6.07, 6.45) is 0.